The number of ether oxygens (including phenoxy) is 2. The number of benzene rings is 2. The minimum absolute atomic E-state index is 0.0289. The molecule has 0 unspecified atom stereocenters. The highest BCUT2D eigenvalue weighted by molar-refractivity contribution is 6.03. The molecule has 1 amide bonds. The molecule has 0 bridgehead atoms. The van der Waals surface area contributed by atoms with E-state index in [1.54, 1.807) is 12.1 Å². The van der Waals surface area contributed by atoms with E-state index < -0.39 is 5.97 Å². The van der Waals surface area contributed by atoms with Gasteiger partial charge in [0.2, 0.25) is 0 Å². The van der Waals surface area contributed by atoms with Crippen LogP contribution in [-0.2, 0) is 17.8 Å². The second-order valence-electron chi connectivity index (χ2n) is 7.12. The van der Waals surface area contributed by atoms with Gasteiger partial charge in [0, 0.05) is 25.2 Å². The molecular formula is C22H22N2O5. The number of fused-ring (bicyclic) bond motifs is 3. The molecule has 0 aliphatic carbocycles. The molecule has 29 heavy (non-hydrogen) atoms. The fraction of sp³-hybridized carbons (Fsp3) is 0.318. The molecule has 7 heteroatoms. The molecule has 2 aliphatic heterocycles. The maximum atomic E-state index is 13.3. The monoisotopic (exact) mass is 394 g/mol. The van der Waals surface area contributed by atoms with E-state index in [0.29, 0.717) is 35.7 Å². The fourth-order valence-electron chi connectivity index (χ4n) is 3.73. The zero-order chi connectivity index (χ0) is 20.4. The first-order valence-corrected chi connectivity index (χ1v) is 9.55. The van der Waals surface area contributed by atoms with Gasteiger partial charge in [-0.15, -0.1) is 0 Å². The first-order chi connectivity index (χ1) is 14.1. The summed E-state index contributed by atoms with van der Waals surface area (Å²) in [7, 11) is 1.51. The highest BCUT2D eigenvalue weighted by Gasteiger charge is 2.33. The number of carbonyl (C=O) groups is 2. The molecule has 4 rings (SSSR count). The van der Waals surface area contributed by atoms with Crippen LogP contribution in [0.4, 0.5) is 5.69 Å². The van der Waals surface area contributed by atoms with Gasteiger partial charge in [0.05, 0.1) is 31.0 Å². The lowest BCUT2D eigenvalue weighted by molar-refractivity contribution is -0.137. The van der Waals surface area contributed by atoms with E-state index >= 15 is 0 Å². The summed E-state index contributed by atoms with van der Waals surface area (Å²) in [5.74, 6) is -0.0775. The van der Waals surface area contributed by atoms with Crippen molar-refractivity contribution >= 4 is 23.8 Å². The van der Waals surface area contributed by atoms with Crippen molar-refractivity contribution in [2.24, 2.45) is 4.99 Å². The van der Waals surface area contributed by atoms with Gasteiger partial charge in [0.1, 0.15) is 0 Å². The van der Waals surface area contributed by atoms with Crippen molar-refractivity contribution in [1.82, 2.24) is 4.90 Å². The maximum absolute atomic E-state index is 13.3. The summed E-state index contributed by atoms with van der Waals surface area (Å²) in [5.41, 5.74) is 3.39. The molecule has 0 saturated heterocycles. The van der Waals surface area contributed by atoms with Gasteiger partial charge in [-0.2, -0.15) is 0 Å². The predicted molar refractivity (Wildman–Crippen MR) is 107 cm³/mol. The topological polar surface area (TPSA) is 88.4 Å². The molecule has 150 valence electrons. The smallest absolute Gasteiger partial charge is 0.303 e. The van der Waals surface area contributed by atoms with E-state index in [4.69, 9.17) is 14.6 Å². The number of methoxy groups -OCH3 is 1. The molecule has 1 atom stereocenters. The Morgan fingerprint density at radius 3 is 2.79 bits per heavy atom. The zero-order valence-electron chi connectivity index (χ0n) is 16.1. The molecule has 1 N–H and O–H groups in total. The quantitative estimate of drug-likeness (QED) is 0.760. The number of hydrogen-bond acceptors (Lipinski definition) is 5. The number of aliphatic imine (C=N–C) groups is 1. The van der Waals surface area contributed by atoms with Gasteiger partial charge in [-0.1, -0.05) is 24.3 Å². The van der Waals surface area contributed by atoms with E-state index in [2.05, 4.69) is 17.1 Å². The second-order valence-corrected chi connectivity index (χ2v) is 7.12. The Kier molecular flexibility index (Phi) is 5.20. The molecule has 2 heterocycles. The standard InChI is InChI=1S/C22H22N2O5/c1-28-19-10-17-18(11-20(19)29-8-4-7-21(25)26)23-12-16-9-14-5-2-3-6-15(14)13-24(16)22(17)27/h2-3,5-6,10-12,16H,4,7-9,13H2,1H3,(H,25,26)/t16-/m0/s1. The molecule has 0 spiro atoms. The Morgan fingerprint density at radius 1 is 1.24 bits per heavy atom. The van der Waals surface area contributed by atoms with Crippen LogP contribution in [0.2, 0.25) is 0 Å². The van der Waals surface area contributed by atoms with Crippen molar-refractivity contribution in [3.63, 3.8) is 0 Å². The van der Waals surface area contributed by atoms with Gasteiger partial charge in [-0.25, -0.2) is 0 Å². The van der Waals surface area contributed by atoms with Crippen LogP contribution in [0.15, 0.2) is 41.4 Å². The first-order valence-electron chi connectivity index (χ1n) is 9.55. The number of nitrogens with zero attached hydrogens (tertiary/aromatic N) is 2. The number of amides is 1. The van der Waals surface area contributed by atoms with Crippen LogP contribution in [0.5, 0.6) is 11.5 Å². The molecule has 0 aromatic heterocycles. The largest absolute Gasteiger partial charge is 0.493 e. The number of aliphatic carboxylic acids is 1. The molecule has 0 radical (unpaired) electrons. The average molecular weight is 394 g/mol. The zero-order valence-corrected chi connectivity index (χ0v) is 16.1. The Bertz CT molecular complexity index is 985. The van der Waals surface area contributed by atoms with Gasteiger partial charge in [-0.05, 0) is 30.0 Å². The lowest BCUT2D eigenvalue weighted by Gasteiger charge is -2.34. The number of carboxylic acids is 1. The van der Waals surface area contributed by atoms with Crippen molar-refractivity contribution in [1.29, 1.82) is 0 Å². The van der Waals surface area contributed by atoms with E-state index in [1.807, 2.05) is 23.2 Å². The number of carbonyl (C=O) groups excluding carboxylic acids is 1. The maximum Gasteiger partial charge on any atom is 0.303 e. The van der Waals surface area contributed by atoms with Crippen LogP contribution in [0.25, 0.3) is 0 Å². The summed E-state index contributed by atoms with van der Waals surface area (Å²) in [6.45, 7) is 0.782. The van der Waals surface area contributed by atoms with E-state index in [1.165, 1.54) is 12.7 Å². The third kappa shape index (κ3) is 3.81. The predicted octanol–water partition coefficient (Wildman–Crippen LogP) is 3.22. The molecule has 0 fully saturated rings. The minimum Gasteiger partial charge on any atom is -0.493 e. The van der Waals surface area contributed by atoms with Crippen LogP contribution in [0, 0.1) is 0 Å². The minimum atomic E-state index is -0.865. The van der Waals surface area contributed by atoms with Gasteiger partial charge >= 0.3 is 5.97 Å². The third-order valence-corrected chi connectivity index (χ3v) is 5.24. The van der Waals surface area contributed by atoms with Crippen molar-refractivity contribution in [2.75, 3.05) is 13.7 Å². The number of carboxylic acid groups (broad SMARTS) is 1. The van der Waals surface area contributed by atoms with Gasteiger partial charge in [-0.3, -0.25) is 14.6 Å². The second kappa shape index (κ2) is 7.95. The van der Waals surface area contributed by atoms with Gasteiger partial charge in [0.15, 0.2) is 11.5 Å². The van der Waals surface area contributed by atoms with Crippen molar-refractivity contribution in [2.45, 2.75) is 31.8 Å². The molecule has 2 aromatic carbocycles. The summed E-state index contributed by atoms with van der Waals surface area (Å²) in [4.78, 5) is 30.4. The molecular weight excluding hydrogens is 372 g/mol. The number of hydrogen-bond donors (Lipinski definition) is 1. The lowest BCUT2D eigenvalue weighted by atomic mass is 9.94. The summed E-state index contributed by atoms with van der Waals surface area (Å²) < 4.78 is 11.1. The highest BCUT2D eigenvalue weighted by atomic mass is 16.5. The Hall–Kier alpha value is -3.35. The summed E-state index contributed by atoms with van der Waals surface area (Å²) >= 11 is 0. The normalized spacial score (nSPS) is 17.1. The van der Waals surface area contributed by atoms with Crippen LogP contribution in [-0.4, -0.2) is 47.9 Å². The van der Waals surface area contributed by atoms with Crippen LogP contribution in [0.1, 0.15) is 34.3 Å². The third-order valence-electron chi connectivity index (χ3n) is 5.24. The molecule has 0 saturated carbocycles. The molecule has 7 nitrogen and oxygen atoms in total. The lowest BCUT2D eigenvalue weighted by Crippen LogP contribution is -2.44. The average Bonchev–Trinajstić information content (AvgIpc) is 2.85. The summed E-state index contributed by atoms with van der Waals surface area (Å²) in [6, 6.07) is 11.4. The highest BCUT2D eigenvalue weighted by Crippen LogP contribution is 2.38. The van der Waals surface area contributed by atoms with Crippen LogP contribution < -0.4 is 9.47 Å². The van der Waals surface area contributed by atoms with E-state index in [0.717, 1.165) is 12.0 Å². The van der Waals surface area contributed by atoms with Crippen molar-refractivity contribution in [3.05, 3.63) is 53.1 Å². The Morgan fingerprint density at radius 2 is 2.03 bits per heavy atom. The Balaban J connectivity index is 1.62. The molecule has 2 aromatic rings. The van der Waals surface area contributed by atoms with E-state index in [-0.39, 0.29) is 25.0 Å². The fourth-order valence-corrected chi connectivity index (χ4v) is 3.73. The van der Waals surface area contributed by atoms with E-state index in [9.17, 15) is 9.59 Å². The van der Waals surface area contributed by atoms with Crippen molar-refractivity contribution in [3.8, 4) is 11.5 Å². The van der Waals surface area contributed by atoms with Gasteiger partial charge < -0.3 is 19.5 Å². The van der Waals surface area contributed by atoms with Gasteiger partial charge in [0.25, 0.3) is 5.91 Å². The summed E-state index contributed by atoms with van der Waals surface area (Å²) in [5, 5.41) is 8.76. The SMILES string of the molecule is COc1cc2c(cc1OCCCC(=O)O)N=C[C@@H]1Cc3ccccc3CN1C2=O. The Labute approximate surface area is 168 Å². The van der Waals surface area contributed by atoms with Crippen LogP contribution in [0.3, 0.4) is 0 Å². The van der Waals surface area contributed by atoms with Crippen molar-refractivity contribution < 1.29 is 24.2 Å². The van der Waals surface area contributed by atoms with Crippen LogP contribution >= 0.6 is 0 Å². The molecule has 2 aliphatic rings. The first kappa shape index (κ1) is 19.0. The number of rotatable bonds is 6. The summed E-state index contributed by atoms with van der Waals surface area (Å²) in [6.07, 6.45) is 2.96.